The van der Waals surface area contributed by atoms with Gasteiger partial charge < -0.3 is 10.2 Å². The normalized spacial score (nSPS) is 17.6. The molecule has 2 fully saturated rings. The minimum Gasteiger partial charge on any atom is -0.357 e. The highest BCUT2D eigenvalue weighted by molar-refractivity contribution is 8.19. The van der Waals surface area contributed by atoms with E-state index in [1.807, 2.05) is 41.9 Å². The molecule has 0 radical (unpaired) electrons. The largest absolute Gasteiger partial charge is 0.357 e. The molecule has 0 spiro atoms. The van der Waals surface area contributed by atoms with Crippen molar-refractivity contribution in [1.82, 2.24) is 10.3 Å². The van der Waals surface area contributed by atoms with E-state index in [4.69, 9.17) is 0 Å². The molecule has 4 nitrogen and oxygen atoms in total. The topological polar surface area (TPSA) is 45.2 Å². The van der Waals surface area contributed by atoms with E-state index in [9.17, 15) is 4.79 Å². The Hall–Kier alpha value is -1.66. The smallest absolute Gasteiger partial charge is 0.251 e. The molecule has 3 heterocycles. The number of carbonyl (C=O) groups excluding carboxylic acids is 1. The summed E-state index contributed by atoms with van der Waals surface area (Å²) in [5.74, 6) is 3.42. The Bertz CT molecular complexity index is 737. The number of thioether (sulfide) groups is 2. The molecule has 1 amide bonds. The number of pyridine rings is 1. The third kappa shape index (κ3) is 4.18. The molecule has 2 aliphatic rings. The molecule has 6 heteroatoms. The average molecular weight is 386 g/mol. The average Bonchev–Trinajstić information content (AvgIpc) is 3.40. The van der Waals surface area contributed by atoms with Gasteiger partial charge in [-0.25, -0.2) is 4.98 Å². The van der Waals surface area contributed by atoms with Crippen molar-refractivity contribution in [3.63, 3.8) is 0 Å². The highest BCUT2D eigenvalue weighted by Crippen LogP contribution is 2.45. The van der Waals surface area contributed by atoms with E-state index >= 15 is 0 Å². The van der Waals surface area contributed by atoms with Crippen LogP contribution in [0.3, 0.4) is 0 Å². The number of hydrogen-bond donors (Lipinski definition) is 1. The van der Waals surface area contributed by atoms with Gasteiger partial charge in [-0.2, -0.15) is 0 Å². The first-order valence-corrected chi connectivity index (χ1v) is 11.2. The number of nitrogens with zero attached hydrogens (tertiary/aromatic N) is 2. The van der Waals surface area contributed by atoms with Crippen LogP contribution < -0.4 is 10.2 Å². The summed E-state index contributed by atoms with van der Waals surface area (Å²) in [6.45, 7) is 2.69. The van der Waals surface area contributed by atoms with Gasteiger partial charge in [-0.3, -0.25) is 4.79 Å². The van der Waals surface area contributed by atoms with Gasteiger partial charge in [-0.15, -0.1) is 23.5 Å². The number of hydrogen-bond acceptors (Lipinski definition) is 5. The summed E-state index contributed by atoms with van der Waals surface area (Å²) in [6.07, 6.45) is 4.36. The maximum atomic E-state index is 12.4. The maximum Gasteiger partial charge on any atom is 0.251 e. The van der Waals surface area contributed by atoms with E-state index in [-0.39, 0.29) is 5.91 Å². The highest BCUT2D eigenvalue weighted by atomic mass is 32.2. The van der Waals surface area contributed by atoms with Gasteiger partial charge in [0.2, 0.25) is 0 Å². The number of carbonyl (C=O) groups is 1. The molecular weight excluding hydrogens is 362 g/mol. The van der Waals surface area contributed by atoms with Gasteiger partial charge in [0.25, 0.3) is 5.91 Å². The SMILES string of the molecule is O=C(NCc1ccc(N2CCCC2)nc1)c1ccc(C2SCCS2)cc1. The van der Waals surface area contributed by atoms with Gasteiger partial charge in [0, 0.05) is 42.9 Å². The van der Waals surface area contributed by atoms with Gasteiger partial charge in [-0.1, -0.05) is 18.2 Å². The van der Waals surface area contributed by atoms with Crippen molar-refractivity contribution in [2.45, 2.75) is 24.0 Å². The molecule has 4 rings (SSSR count). The summed E-state index contributed by atoms with van der Waals surface area (Å²) in [7, 11) is 0. The lowest BCUT2D eigenvalue weighted by Gasteiger charge is -2.16. The first kappa shape index (κ1) is 17.7. The minimum absolute atomic E-state index is 0.0353. The van der Waals surface area contributed by atoms with Crippen LogP contribution in [0.25, 0.3) is 0 Å². The molecule has 136 valence electrons. The van der Waals surface area contributed by atoms with Gasteiger partial charge >= 0.3 is 0 Å². The molecule has 1 N–H and O–H groups in total. The van der Waals surface area contributed by atoms with Crippen molar-refractivity contribution in [2.24, 2.45) is 0 Å². The van der Waals surface area contributed by atoms with Crippen LogP contribution in [0.15, 0.2) is 42.6 Å². The van der Waals surface area contributed by atoms with Gasteiger partial charge in [0.15, 0.2) is 0 Å². The standard InChI is InChI=1S/C20H23N3OS2/c24-19(16-4-6-17(7-5-16)20-25-11-12-26-20)22-14-15-3-8-18(21-13-15)23-9-1-2-10-23/h3-8,13,20H,1-2,9-12,14H2,(H,22,24). The van der Waals surface area contributed by atoms with Gasteiger partial charge in [-0.05, 0) is 42.2 Å². The van der Waals surface area contributed by atoms with Crippen LogP contribution in [0.4, 0.5) is 5.82 Å². The van der Waals surface area contributed by atoms with Crippen LogP contribution in [0.5, 0.6) is 0 Å². The Morgan fingerprint density at radius 3 is 2.46 bits per heavy atom. The fourth-order valence-electron chi connectivity index (χ4n) is 3.28. The van der Waals surface area contributed by atoms with Crippen molar-refractivity contribution < 1.29 is 4.79 Å². The van der Waals surface area contributed by atoms with E-state index in [1.165, 1.54) is 29.9 Å². The second kappa shape index (κ2) is 8.35. The maximum absolute atomic E-state index is 12.4. The number of anilines is 1. The first-order chi connectivity index (χ1) is 12.8. The van der Waals surface area contributed by atoms with E-state index in [1.54, 1.807) is 0 Å². The van der Waals surface area contributed by atoms with E-state index in [0.29, 0.717) is 16.7 Å². The zero-order chi connectivity index (χ0) is 17.8. The zero-order valence-corrected chi connectivity index (χ0v) is 16.3. The van der Waals surface area contributed by atoms with Crippen molar-refractivity contribution in [1.29, 1.82) is 0 Å². The molecule has 1 aromatic heterocycles. The summed E-state index contributed by atoms with van der Waals surface area (Å²) in [5, 5.41) is 2.99. The molecule has 2 aromatic rings. The second-order valence-corrected chi connectivity index (χ2v) is 9.32. The molecule has 0 bridgehead atoms. The van der Waals surface area contributed by atoms with Crippen molar-refractivity contribution in [2.75, 3.05) is 29.5 Å². The van der Waals surface area contributed by atoms with E-state index in [2.05, 4.69) is 39.5 Å². The Balaban J connectivity index is 1.31. The molecule has 0 unspecified atom stereocenters. The van der Waals surface area contributed by atoms with Crippen LogP contribution in [-0.2, 0) is 6.54 Å². The number of nitrogens with one attached hydrogen (secondary N) is 1. The summed E-state index contributed by atoms with van der Waals surface area (Å²) in [6, 6.07) is 12.1. The highest BCUT2D eigenvalue weighted by Gasteiger charge is 2.18. The lowest BCUT2D eigenvalue weighted by atomic mass is 10.1. The third-order valence-corrected chi connectivity index (χ3v) is 7.86. The van der Waals surface area contributed by atoms with Crippen LogP contribution in [0.2, 0.25) is 0 Å². The molecule has 0 atom stereocenters. The lowest BCUT2D eigenvalue weighted by Crippen LogP contribution is -2.23. The Morgan fingerprint density at radius 1 is 1.08 bits per heavy atom. The first-order valence-electron chi connectivity index (χ1n) is 9.11. The van der Waals surface area contributed by atoms with E-state index < -0.39 is 0 Å². The molecule has 26 heavy (non-hydrogen) atoms. The van der Waals surface area contributed by atoms with Crippen LogP contribution >= 0.6 is 23.5 Å². The van der Waals surface area contributed by atoms with Crippen LogP contribution in [0.1, 0.15) is 38.9 Å². The molecule has 2 saturated heterocycles. The lowest BCUT2D eigenvalue weighted by molar-refractivity contribution is 0.0951. The van der Waals surface area contributed by atoms with Crippen molar-refractivity contribution >= 4 is 35.2 Å². The van der Waals surface area contributed by atoms with Crippen molar-refractivity contribution in [3.05, 3.63) is 59.3 Å². The zero-order valence-electron chi connectivity index (χ0n) is 14.7. The second-order valence-electron chi connectivity index (χ2n) is 6.60. The summed E-state index contributed by atoms with van der Waals surface area (Å²) in [4.78, 5) is 19.2. The van der Waals surface area contributed by atoms with Crippen LogP contribution in [0, 0.1) is 0 Å². The molecule has 0 aliphatic carbocycles. The number of rotatable bonds is 5. The quantitative estimate of drug-likeness (QED) is 0.840. The van der Waals surface area contributed by atoms with Gasteiger partial charge in [0.05, 0.1) is 4.58 Å². The number of amides is 1. The summed E-state index contributed by atoms with van der Waals surface area (Å²) < 4.78 is 0.521. The van der Waals surface area contributed by atoms with Gasteiger partial charge in [0.1, 0.15) is 5.82 Å². The molecule has 0 saturated carbocycles. The number of aromatic nitrogens is 1. The predicted molar refractivity (Wildman–Crippen MR) is 111 cm³/mol. The third-order valence-electron chi connectivity index (χ3n) is 4.76. The Morgan fingerprint density at radius 2 is 1.81 bits per heavy atom. The van der Waals surface area contributed by atoms with Crippen molar-refractivity contribution in [3.8, 4) is 0 Å². The minimum atomic E-state index is -0.0353. The Kier molecular flexibility index (Phi) is 5.70. The fraction of sp³-hybridized carbons (Fsp3) is 0.400. The monoisotopic (exact) mass is 385 g/mol. The molecule has 2 aliphatic heterocycles. The predicted octanol–water partition coefficient (Wildman–Crippen LogP) is 4.09. The molecule has 1 aromatic carbocycles. The Labute approximate surface area is 163 Å². The van der Waals surface area contributed by atoms with E-state index in [0.717, 1.165) is 24.5 Å². The van der Waals surface area contributed by atoms with Crippen LogP contribution in [-0.4, -0.2) is 35.5 Å². The summed E-state index contributed by atoms with van der Waals surface area (Å²) >= 11 is 3.96. The molecular formula is C20H23N3OS2. The number of benzene rings is 1. The fourth-order valence-corrected chi connectivity index (χ4v) is 6.14. The summed E-state index contributed by atoms with van der Waals surface area (Å²) in [5.41, 5.74) is 3.04.